The van der Waals surface area contributed by atoms with Crippen molar-refractivity contribution in [2.45, 2.75) is 45.6 Å². The molecule has 0 radical (unpaired) electrons. The Morgan fingerprint density at radius 3 is 2.15 bits per heavy atom. The van der Waals surface area contributed by atoms with Gasteiger partial charge in [-0.15, -0.1) is 0 Å². The summed E-state index contributed by atoms with van der Waals surface area (Å²) in [5, 5.41) is 8.53. The minimum atomic E-state index is -0.634. The van der Waals surface area contributed by atoms with E-state index in [1.807, 2.05) is 12.1 Å². The number of carbonyl (C=O) groups is 3. The molecule has 0 aliphatic heterocycles. The first-order chi connectivity index (χ1) is 12.7. The molecule has 0 saturated carbocycles. The quantitative estimate of drug-likeness (QED) is 0.557. The Morgan fingerprint density at radius 1 is 0.963 bits per heavy atom. The van der Waals surface area contributed by atoms with Crippen LogP contribution in [0.2, 0.25) is 5.02 Å². The molecule has 0 atom stereocenters. The Kier molecular flexibility index (Phi) is 9.64. The zero-order valence-electron chi connectivity index (χ0n) is 16.1. The van der Waals surface area contributed by atoms with Crippen molar-refractivity contribution in [1.82, 2.24) is 16.0 Å². The van der Waals surface area contributed by atoms with Crippen molar-refractivity contribution < 1.29 is 19.1 Å². The van der Waals surface area contributed by atoms with E-state index in [0.717, 1.165) is 5.56 Å². The Bertz CT molecular complexity index is 627. The summed E-state index contributed by atoms with van der Waals surface area (Å²) < 4.78 is 5.03. The van der Waals surface area contributed by atoms with Crippen molar-refractivity contribution in [2.75, 3.05) is 19.6 Å². The molecular weight excluding hydrogens is 370 g/mol. The van der Waals surface area contributed by atoms with Gasteiger partial charge in [0.2, 0.25) is 11.8 Å². The zero-order valence-corrected chi connectivity index (χ0v) is 16.8. The van der Waals surface area contributed by atoms with Crippen LogP contribution in [0.5, 0.6) is 0 Å². The number of carbonyl (C=O) groups excluding carboxylic acids is 3. The van der Waals surface area contributed by atoms with E-state index in [2.05, 4.69) is 16.0 Å². The lowest BCUT2D eigenvalue weighted by molar-refractivity contribution is -0.121. The van der Waals surface area contributed by atoms with Gasteiger partial charge in [0.1, 0.15) is 5.60 Å². The van der Waals surface area contributed by atoms with Crippen molar-refractivity contribution in [3.63, 3.8) is 0 Å². The highest BCUT2D eigenvalue weighted by Crippen LogP contribution is 2.10. The number of benzene rings is 1. The van der Waals surface area contributed by atoms with Gasteiger partial charge in [-0.3, -0.25) is 9.59 Å². The molecule has 0 fully saturated rings. The van der Waals surface area contributed by atoms with Gasteiger partial charge in [-0.2, -0.15) is 0 Å². The third-order valence-electron chi connectivity index (χ3n) is 3.34. The second-order valence-electron chi connectivity index (χ2n) is 7.04. The molecule has 0 saturated heterocycles. The number of ether oxygens (including phenoxy) is 1. The summed E-state index contributed by atoms with van der Waals surface area (Å²) in [6.45, 7) is 5.97. The fourth-order valence-electron chi connectivity index (χ4n) is 2.07. The van der Waals surface area contributed by atoms with E-state index in [1.165, 1.54) is 0 Å². The van der Waals surface area contributed by atoms with Crippen LogP contribution in [0.25, 0.3) is 0 Å². The van der Waals surface area contributed by atoms with Crippen molar-refractivity contribution >= 4 is 29.5 Å². The molecule has 0 unspecified atom stereocenters. The number of rotatable bonds is 9. The van der Waals surface area contributed by atoms with Gasteiger partial charge in [-0.1, -0.05) is 23.7 Å². The Morgan fingerprint density at radius 2 is 1.56 bits per heavy atom. The largest absolute Gasteiger partial charge is 0.444 e. The zero-order chi connectivity index (χ0) is 20.3. The molecule has 27 heavy (non-hydrogen) atoms. The highest BCUT2D eigenvalue weighted by molar-refractivity contribution is 6.30. The second-order valence-corrected chi connectivity index (χ2v) is 7.47. The second kappa shape index (κ2) is 11.4. The van der Waals surface area contributed by atoms with E-state index in [1.54, 1.807) is 32.9 Å². The number of alkyl carbamates (subject to hydrolysis) is 1. The van der Waals surface area contributed by atoms with Crippen LogP contribution in [0.15, 0.2) is 24.3 Å². The Balaban J connectivity index is 2.05. The topological polar surface area (TPSA) is 96.5 Å². The van der Waals surface area contributed by atoms with Gasteiger partial charge in [-0.25, -0.2) is 4.79 Å². The molecule has 0 spiro atoms. The molecule has 0 bridgehead atoms. The SMILES string of the molecule is CC(C)(C)OC(=O)NCC(=O)NCCCNC(=O)CCc1ccc(Cl)cc1. The highest BCUT2D eigenvalue weighted by atomic mass is 35.5. The molecule has 3 N–H and O–H groups in total. The minimum absolute atomic E-state index is 0.0390. The van der Waals surface area contributed by atoms with E-state index in [9.17, 15) is 14.4 Å². The number of nitrogens with one attached hydrogen (secondary N) is 3. The van der Waals surface area contributed by atoms with E-state index in [-0.39, 0.29) is 18.4 Å². The first-order valence-corrected chi connectivity index (χ1v) is 9.28. The van der Waals surface area contributed by atoms with E-state index in [0.29, 0.717) is 37.4 Å². The van der Waals surface area contributed by atoms with Gasteiger partial charge >= 0.3 is 6.09 Å². The number of hydrogen-bond acceptors (Lipinski definition) is 4. The molecule has 0 aromatic heterocycles. The lowest BCUT2D eigenvalue weighted by atomic mass is 10.1. The number of amides is 3. The predicted octanol–water partition coefficient (Wildman–Crippen LogP) is 2.42. The van der Waals surface area contributed by atoms with Gasteiger partial charge in [0, 0.05) is 24.5 Å². The fraction of sp³-hybridized carbons (Fsp3) is 0.526. The predicted molar refractivity (Wildman–Crippen MR) is 105 cm³/mol. The molecular formula is C19H28ClN3O4. The van der Waals surface area contributed by atoms with Crippen LogP contribution in [0, 0.1) is 0 Å². The fourth-order valence-corrected chi connectivity index (χ4v) is 2.20. The summed E-state index contributed by atoms with van der Waals surface area (Å²) in [5.74, 6) is -0.349. The van der Waals surface area contributed by atoms with Gasteiger partial charge in [-0.05, 0) is 51.3 Å². The molecule has 8 heteroatoms. The monoisotopic (exact) mass is 397 g/mol. The normalized spacial score (nSPS) is 10.8. The highest BCUT2D eigenvalue weighted by Gasteiger charge is 2.16. The first kappa shape index (κ1) is 22.8. The van der Waals surface area contributed by atoms with Crippen molar-refractivity contribution in [3.8, 4) is 0 Å². The maximum absolute atomic E-state index is 11.8. The van der Waals surface area contributed by atoms with Crippen molar-refractivity contribution in [2.24, 2.45) is 0 Å². The van der Waals surface area contributed by atoms with Crippen molar-refractivity contribution in [3.05, 3.63) is 34.9 Å². The third kappa shape index (κ3) is 11.9. The Labute approximate surface area is 165 Å². The molecule has 1 aromatic carbocycles. The van der Waals surface area contributed by atoms with E-state index >= 15 is 0 Å². The summed E-state index contributed by atoms with van der Waals surface area (Å²) in [6.07, 6.45) is 1.01. The van der Waals surface area contributed by atoms with Crippen LogP contribution in [0.1, 0.15) is 39.2 Å². The molecule has 7 nitrogen and oxygen atoms in total. The molecule has 0 aliphatic carbocycles. The standard InChI is InChI=1S/C19H28ClN3O4/c1-19(2,3)27-18(26)23-13-17(25)22-12-4-11-21-16(24)10-7-14-5-8-15(20)9-6-14/h5-6,8-9H,4,7,10-13H2,1-3H3,(H,21,24)(H,22,25)(H,23,26). The van der Waals surface area contributed by atoms with E-state index in [4.69, 9.17) is 16.3 Å². The summed E-state index contributed by atoms with van der Waals surface area (Å²) in [7, 11) is 0. The first-order valence-electron chi connectivity index (χ1n) is 8.90. The van der Waals surface area contributed by atoms with Crippen LogP contribution in [0.3, 0.4) is 0 Å². The maximum atomic E-state index is 11.8. The van der Waals surface area contributed by atoms with Crippen LogP contribution < -0.4 is 16.0 Å². The van der Waals surface area contributed by atoms with Crippen LogP contribution in [-0.2, 0) is 20.7 Å². The smallest absolute Gasteiger partial charge is 0.408 e. The summed E-state index contributed by atoms with van der Waals surface area (Å²) in [5.41, 5.74) is 0.450. The molecule has 1 rings (SSSR count). The number of halogens is 1. The van der Waals surface area contributed by atoms with Gasteiger partial charge in [0.25, 0.3) is 0 Å². The summed E-state index contributed by atoms with van der Waals surface area (Å²) >= 11 is 5.82. The maximum Gasteiger partial charge on any atom is 0.408 e. The molecule has 0 aliphatic rings. The Hall–Kier alpha value is -2.28. The summed E-state index contributed by atoms with van der Waals surface area (Å²) in [4.78, 5) is 34.8. The molecule has 1 aromatic rings. The number of hydrogen-bond donors (Lipinski definition) is 3. The van der Waals surface area contributed by atoms with Crippen LogP contribution in [-0.4, -0.2) is 43.1 Å². The third-order valence-corrected chi connectivity index (χ3v) is 3.60. The summed E-state index contributed by atoms with van der Waals surface area (Å²) in [6, 6.07) is 7.40. The minimum Gasteiger partial charge on any atom is -0.444 e. The van der Waals surface area contributed by atoms with Gasteiger partial charge < -0.3 is 20.7 Å². The molecule has 3 amide bonds. The van der Waals surface area contributed by atoms with Crippen LogP contribution in [0.4, 0.5) is 4.79 Å². The lowest BCUT2D eigenvalue weighted by Crippen LogP contribution is -2.40. The van der Waals surface area contributed by atoms with Gasteiger partial charge in [0.05, 0.1) is 6.54 Å². The number of aryl methyl sites for hydroxylation is 1. The van der Waals surface area contributed by atoms with E-state index < -0.39 is 11.7 Å². The molecule has 150 valence electrons. The van der Waals surface area contributed by atoms with Gasteiger partial charge in [0.15, 0.2) is 0 Å². The average Bonchev–Trinajstić information content (AvgIpc) is 2.57. The average molecular weight is 398 g/mol. The van der Waals surface area contributed by atoms with Crippen LogP contribution >= 0.6 is 11.6 Å². The molecule has 0 heterocycles. The van der Waals surface area contributed by atoms with Crippen molar-refractivity contribution in [1.29, 1.82) is 0 Å². The lowest BCUT2D eigenvalue weighted by Gasteiger charge is -2.19.